The summed E-state index contributed by atoms with van der Waals surface area (Å²) < 4.78 is 0. The second kappa shape index (κ2) is 5.88. The molecule has 0 N–H and O–H groups in total. The Morgan fingerprint density at radius 1 is 1.11 bits per heavy atom. The molecule has 0 amide bonds. The third kappa shape index (κ3) is 3.14. The highest BCUT2D eigenvalue weighted by atomic mass is 14.1. The zero-order valence-electron chi connectivity index (χ0n) is 12.1. The molecule has 0 aliphatic heterocycles. The maximum Gasteiger partial charge on any atom is -0.0152 e. The van der Waals surface area contributed by atoms with Crippen molar-refractivity contribution >= 4 is 6.08 Å². The summed E-state index contributed by atoms with van der Waals surface area (Å²) in [7, 11) is 0. The zero-order valence-corrected chi connectivity index (χ0v) is 12.1. The van der Waals surface area contributed by atoms with E-state index in [1.807, 2.05) is 6.08 Å². The summed E-state index contributed by atoms with van der Waals surface area (Å²) in [6.45, 7) is 10.5. The minimum atomic E-state index is 0.676. The number of hydrogen-bond acceptors (Lipinski definition) is 0. The lowest BCUT2D eigenvalue weighted by atomic mass is 9.92. The minimum absolute atomic E-state index is 0.676. The summed E-state index contributed by atoms with van der Waals surface area (Å²) in [6, 6.07) is 15.3. The van der Waals surface area contributed by atoms with Crippen LogP contribution in [0.25, 0.3) is 17.2 Å². The highest BCUT2D eigenvalue weighted by Crippen LogP contribution is 2.27. The first kappa shape index (κ1) is 13.6. The number of hydrogen-bond donors (Lipinski definition) is 0. The lowest BCUT2D eigenvalue weighted by Crippen LogP contribution is -1.97. The van der Waals surface area contributed by atoms with Gasteiger partial charge in [-0.05, 0) is 47.1 Å². The quantitative estimate of drug-likeness (QED) is 0.671. The summed E-state index contributed by atoms with van der Waals surface area (Å²) >= 11 is 0. The van der Waals surface area contributed by atoms with Gasteiger partial charge in [0.15, 0.2) is 0 Å². The molecule has 0 heterocycles. The van der Waals surface area contributed by atoms with Gasteiger partial charge in [0, 0.05) is 0 Å². The van der Waals surface area contributed by atoms with Crippen molar-refractivity contribution in [2.24, 2.45) is 5.92 Å². The van der Waals surface area contributed by atoms with Crippen LogP contribution in [0.4, 0.5) is 0 Å². The Morgan fingerprint density at radius 2 is 1.84 bits per heavy atom. The summed E-state index contributed by atoms with van der Waals surface area (Å²) in [5.41, 5.74) is 6.59. The van der Waals surface area contributed by atoms with Gasteiger partial charge >= 0.3 is 0 Å². The average molecular weight is 250 g/mol. The maximum absolute atomic E-state index is 3.85. The summed E-state index contributed by atoms with van der Waals surface area (Å²) in [4.78, 5) is 0. The van der Waals surface area contributed by atoms with Crippen molar-refractivity contribution in [2.45, 2.75) is 27.2 Å². The van der Waals surface area contributed by atoms with Crippen LogP contribution in [0.3, 0.4) is 0 Å². The van der Waals surface area contributed by atoms with Gasteiger partial charge in [0.2, 0.25) is 0 Å². The van der Waals surface area contributed by atoms with Crippen LogP contribution in [0.2, 0.25) is 0 Å². The van der Waals surface area contributed by atoms with E-state index in [4.69, 9.17) is 0 Å². The van der Waals surface area contributed by atoms with Gasteiger partial charge in [0.05, 0.1) is 0 Å². The molecule has 2 aromatic carbocycles. The third-order valence-electron chi connectivity index (χ3n) is 3.45. The van der Waals surface area contributed by atoms with Crippen LogP contribution in [0.5, 0.6) is 0 Å². The Kier molecular flexibility index (Phi) is 4.21. The Bertz CT molecular complexity index is 576. The molecule has 0 aliphatic rings. The van der Waals surface area contributed by atoms with Gasteiger partial charge in [0.1, 0.15) is 0 Å². The smallest absolute Gasteiger partial charge is 0.0152 e. The van der Waals surface area contributed by atoms with Crippen molar-refractivity contribution in [3.63, 3.8) is 0 Å². The maximum atomic E-state index is 3.85. The lowest BCUT2D eigenvalue weighted by Gasteiger charge is -2.13. The molecule has 0 saturated heterocycles. The third-order valence-corrected chi connectivity index (χ3v) is 3.45. The molecular weight excluding hydrogens is 228 g/mol. The molecule has 98 valence electrons. The SMILES string of the molecule is C=Cc1ccc(-c2ccccc2CC(C)C)cc1C. The van der Waals surface area contributed by atoms with Gasteiger partial charge in [-0.15, -0.1) is 0 Å². The standard InChI is InChI=1S/C19H22/c1-5-16-10-11-18(13-15(16)4)19-9-7-6-8-17(19)12-14(2)3/h5-11,13-14H,1,12H2,2-4H3. The molecule has 0 atom stereocenters. The van der Waals surface area contributed by atoms with E-state index in [9.17, 15) is 0 Å². The topological polar surface area (TPSA) is 0 Å². The molecule has 2 rings (SSSR count). The monoisotopic (exact) mass is 250 g/mol. The molecule has 0 nitrogen and oxygen atoms in total. The van der Waals surface area contributed by atoms with Crippen molar-refractivity contribution in [1.29, 1.82) is 0 Å². The highest BCUT2D eigenvalue weighted by molar-refractivity contribution is 5.70. The van der Waals surface area contributed by atoms with E-state index in [-0.39, 0.29) is 0 Å². The Hall–Kier alpha value is -1.82. The van der Waals surface area contributed by atoms with E-state index in [1.54, 1.807) is 0 Å². The Balaban J connectivity index is 2.46. The van der Waals surface area contributed by atoms with Crippen molar-refractivity contribution in [2.75, 3.05) is 0 Å². The molecule has 0 aromatic heterocycles. The van der Waals surface area contributed by atoms with Gasteiger partial charge in [-0.1, -0.05) is 69.0 Å². The first-order chi connectivity index (χ1) is 9.11. The molecule has 0 heteroatoms. The predicted octanol–water partition coefficient (Wildman–Crippen LogP) is 5.50. The predicted molar refractivity (Wildman–Crippen MR) is 85.2 cm³/mol. The fraction of sp³-hybridized carbons (Fsp3) is 0.263. The van der Waals surface area contributed by atoms with Crippen molar-refractivity contribution in [3.05, 3.63) is 65.7 Å². The molecule has 19 heavy (non-hydrogen) atoms. The first-order valence-corrected chi connectivity index (χ1v) is 6.93. The van der Waals surface area contributed by atoms with Crippen LogP contribution in [0.1, 0.15) is 30.5 Å². The number of benzene rings is 2. The number of rotatable bonds is 4. The van der Waals surface area contributed by atoms with Crippen LogP contribution in [0, 0.1) is 12.8 Å². The molecule has 0 fully saturated rings. The van der Waals surface area contributed by atoms with E-state index >= 15 is 0 Å². The van der Waals surface area contributed by atoms with E-state index < -0.39 is 0 Å². The fourth-order valence-corrected chi connectivity index (χ4v) is 2.49. The van der Waals surface area contributed by atoms with Crippen LogP contribution in [-0.4, -0.2) is 0 Å². The van der Waals surface area contributed by atoms with Crippen molar-refractivity contribution in [1.82, 2.24) is 0 Å². The molecule has 2 aromatic rings. The van der Waals surface area contributed by atoms with Gasteiger partial charge in [-0.2, -0.15) is 0 Å². The van der Waals surface area contributed by atoms with Gasteiger partial charge in [-0.3, -0.25) is 0 Å². The van der Waals surface area contributed by atoms with Crippen molar-refractivity contribution < 1.29 is 0 Å². The van der Waals surface area contributed by atoms with Crippen LogP contribution in [0.15, 0.2) is 49.0 Å². The average Bonchev–Trinajstić information content (AvgIpc) is 2.38. The molecule has 0 radical (unpaired) electrons. The largest absolute Gasteiger partial charge is 0.0985 e. The van der Waals surface area contributed by atoms with Gasteiger partial charge in [0.25, 0.3) is 0 Å². The van der Waals surface area contributed by atoms with Gasteiger partial charge < -0.3 is 0 Å². The molecule has 0 unspecified atom stereocenters. The van der Waals surface area contributed by atoms with E-state index in [2.05, 4.69) is 69.8 Å². The summed E-state index contributed by atoms with van der Waals surface area (Å²) in [6.07, 6.45) is 3.04. The van der Waals surface area contributed by atoms with Crippen LogP contribution in [-0.2, 0) is 6.42 Å². The normalized spacial score (nSPS) is 10.7. The van der Waals surface area contributed by atoms with Crippen molar-refractivity contribution in [3.8, 4) is 11.1 Å². The molecule has 0 aliphatic carbocycles. The molecule has 0 bridgehead atoms. The Morgan fingerprint density at radius 3 is 2.47 bits per heavy atom. The van der Waals surface area contributed by atoms with Gasteiger partial charge in [-0.25, -0.2) is 0 Å². The molecular formula is C19H22. The van der Waals surface area contributed by atoms with Crippen LogP contribution < -0.4 is 0 Å². The molecule has 0 saturated carbocycles. The van der Waals surface area contributed by atoms with E-state index in [0.717, 1.165) is 6.42 Å². The van der Waals surface area contributed by atoms with E-state index in [0.29, 0.717) is 5.92 Å². The number of aryl methyl sites for hydroxylation is 1. The molecule has 0 spiro atoms. The highest BCUT2D eigenvalue weighted by Gasteiger charge is 2.07. The fourth-order valence-electron chi connectivity index (χ4n) is 2.49. The Labute approximate surface area is 116 Å². The second-order valence-electron chi connectivity index (χ2n) is 5.53. The minimum Gasteiger partial charge on any atom is -0.0985 e. The summed E-state index contributed by atoms with van der Waals surface area (Å²) in [5, 5.41) is 0. The zero-order chi connectivity index (χ0) is 13.8. The van der Waals surface area contributed by atoms with Crippen LogP contribution >= 0.6 is 0 Å². The first-order valence-electron chi connectivity index (χ1n) is 6.93. The van der Waals surface area contributed by atoms with E-state index in [1.165, 1.54) is 27.8 Å². The second-order valence-corrected chi connectivity index (χ2v) is 5.53. The lowest BCUT2D eigenvalue weighted by molar-refractivity contribution is 0.648. The summed E-state index contributed by atoms with van der Waals surface area (Å²) in [5.74, 6) is 0.676.